The van der Waals surface area contributed by atoms with Gasteiger partial charge in [0.25, 0.3) is 0 Å². The minimum absolute atomic E-state index is 0.336. The Morgan fingerprint density at radius 2 is 2.24 bits per heavy atom. The topological polar surface area (TPSA) is 39.1 Å². The zero-order valence-corrected chi connectivity index (χ0v) is 11.7. The zero-order chi connectivity index (χ0) is 12.8. The molecular formula is C13H25N3O. The van der Waals surface area contributed by atoms with Crippen LogP contribution >= 0.6 is 0 Å². The van der Waals surface area contributed by atoms with E-state index in [1.807, 2.05) is 18.8 Å². The third-order valence-corrected chi connectivity index (χ3v) is 3.30. The Kier molecular flexibility index (Phi) is 5.65. The summed E-state index contributed by atoms with van der Waals surface area (Å²) in [6.07, 6.45) is 2.03. The van der Waals surface area contributed by atoms with E-state index in [2.05, 4.69) is 30.3 Å². The van der Waals surface area contributed by atoms with Gasteiger partial charge in [0, 0.05) is 20.8 Å². The molecule has 0 radical (unpaired) electrons. The monoisotopic (exact) mass is 239 g/mol. The molecule has 4 nitrogen and oxygen atoms in total. The SMILES string of the molecule is CCc1cc(C(NC)C(C)CCOC)n(C)n1. The molecule has 4 heteroatoms. The third-order valence-electron chi connectivity index (χ3n) is 3.30. The van der Waals surface area contributed by atoms with Gasteiger partial charge in [-0.05, 0) is 31.9 Å². The van der Waals surface area contributed by atoms with Crippen molar-refractivity contribution in [1.29, 1.82) is 0 Å². The molecular weight excluding hydrogens is 214 g/mol. The highest BCUT2D eigenvalue weighted by molar-refractivity contribution is 5.15. The average Bonchev–Trinajstić information content (AvgIpc) is 2.69. The molecule has 0 aliphatic carbocycles. The molecule has 1 rings (SSSR count). The van der Waals surface area contributed by atoms with Crippen molar-refractivity contribution >= 4 is 0 Å². The summed E-state index contributed by atoms with van der Waals surface area (Å²) in [5.41, 5.74) is 2.41. The second-order valence-corrected chi connectivity index (χ2v) is 4.56. The molecule has 17 heavy (non-hydrogen) atoms. The second kappa shape index (κ2) is 6.77. The molecule has 1 heterocycles. The van der Waals surface area contributed by atoms with Crippen molar-refractivity contribution in [1.82, 2.24) is 15.1 Å². The van der Waals surface area contributed by atoms with Crippen LogP contribution in [0.2, 0.25) is 0 Å². The van der Waals surface area contributed by atoms with Gasteiger partial charge in [0.2, 0.25) is 0 Å². The van der Waals surface area contributed by atoms with Crippen molar-refractivity contribution in [2.75, 3.05) is 20.8 Å². The second-order valence-electron chi connectivity index (χ2n) is 4.56. The molecule has 0 fully saturated rings. The normalized spacial score (nSPS) is 14.9. The summed E-state index contributed by atoms with van der Waals surface area (Å²) in [5.74, 6) is 0.528. The number of aromatic nitrogens is 2. The Morgan fingerprint density at radius 1 is 1.53 bits per heavy atom. The lowest BCUT2D eigenvalue weighted by Gasteiger charge is -2.23. The van der Waals surface area contributed by atoms with Crippen LogP contribution in [0, 0.1) is 5.92 Å². The quantitative estimate of drug-likeness (QED) is 0.790. The third kappa shape index (κ3) is 3.54. The van der Waals surface area contributed by atoms with Crippen LogP contribution in [-0.2, 0) is 18.2 Å². The Bertz CT molecular complexity index is 335. The van der Waals surface area contributed by atoms with E-state index in [4.69, 9.17) is 4.74 Å². The van der Waals surface area contributed by atoms with Crippen molar-refractivity contribution < 1.29 is 4.74 Å². The fourth-order valence-electron chi connectivity index (χ4n) is 2.20. The van der Waals surface area contributed by atoms with Gasteiger partial charge in [-0.1, -0.05) is 13.8 Å². The van der Waals surface area contributed by atoms with Crippen LogP contribution in [0.5, 0.6) is 0 Å². The van der Waals surface area contributed by atoms with E-state index in [-0.39, 0.29) is 0 Å². The number of rotatable bonds is 7. The molecule has 1 aromatic rings. The van der Waals surface area contributed by atoms with Crippen molar-refractivity contribution in [3.05, 3.63) is 17.5 Å². The van der Waals surface area contributed by atoms with Gasteiger partial charge >= 0.3 is 0 Å². The highest BCUT2D eigenvalue weighted by Gasteiger charge is 2.21. The highest BCUT2D eigenvalue weighted by Crippen LogP contribution is 2.24. The summed E-state index contributed by atoms with van der Waals surface area (Å²) in [6.45, 7) is 5.19. The molecule has 0 aliphatic heterocycles. The van der Waals surface area contributed by atoms with Crippen LogP contribution in [0.3, 0.4) is 0 Å². The Balaban J connectivity index is 2.80. The Labute approximate surface area is 104 Å². The van der Waals surface area contributed by atoms with E-state index >= 15 is 0 Å². The van der Waals surface area contributed by atoms with E-state index in [0.717, 1.165) is 25.1 Å². The number of hydrogen-bond donors (Lipinski definition) is 1. The van der Waals surface area contributed by atoms with Crippen LogP contribution < -0.4 is 5.32 Å². The largest absolute Gasteiger partial charge is 0.385 e. The molecule has 2 atom stereocenters. The van der Waals surface area contributed by atoms with Crippen molar-refractivity contribution in [2.45, 2.75) is 32.7 Å². The number of aryl methyl sites for hydroxylation is 2. The maximum atomic E-state index is 5.15. The first kappa shape index (κ1) is 14.2. The molecule has 0 saturated carbocycles. The fourth-order valence-corrected chi connectivity index (χ4v) is 2.20. The summed E-state index contributed by atoms with van der Waals surface area (Å²) < 4.78 is 7.14. The van der Waals surface area contributed by atoms with E-state index in [0.29, 0.717) is 12.0 Å². The smallest absolute Gasteiger partial charge is 0.0625 e. The van der Waals surface area contributed by atoms with Gasteiger partial charge in [-0.2, -0.15) is 5.10 Å². The lowest BCUT2D eigenvalue weighted by molar-refractivity contribution is 0.170. The molecule has 1 aromatic heterocycles. The average molecular weight is 239 g/mol. The lowest BCUT2D eigenvalue weighted by atomic mass is 9.95. The standard InChI is InChI=1S/C13H25N3O/c1-6-11-9-12(16(4)15-11)13(14-3)10(2)7-8-17-5/h9-10,13-14H,6-8H2,1-5H3. The Hall–Kier alpha value is -0.870. The maximum Gasteiger partial charge on any atom is 0.0625 e. The van der Waals surface area contributed by atoms with Gasteiger partial charge < -0.3 is 10.1 Å². The zero-order valence-electron chi connectivity index (χ0n) is 11.7. The first-order chi connectivity index (χ1) is 8.13. The molecule has 0 saturated heterocycles. The number of nitrogens with zero attached hydrogens (tertiary/aromatic N) is 2. The van der Waals surface area contributed by atoms with Gasteiger partial charge in [-0.3, -0.25) is 4.68 Å². The minimum atomic E-state index is 0.336. The van der Waals surface area contributed by atoms with Crippen LogP contribution in [0.1, 0.15) is 37.7 Å². The van der Waals surface area contributed by atoms with Crippen LogP contribution in [-0.4, -0.2) is 30.5 Å². The van der Waals surface area contributed by atoms with Crippen LogP contribution in [0.4, 0.5) is 0 Å². The van der Waals surface area contributed by atoms with Crippen molar-refractivity contribution in [3.63, 3.8) is 0 Å². The number of hydrogen-bond acceptors (Lipinski definition) is 3. The highest BCUT2D eigenvalue weighted by atomic mass is 16.5. The molecule has 98 valence electrons. The maximum absolute atomic E-state index is 5.15. The summed E-state index contributed by atoms with van der Waals surface area (Å²) in [7, 11) is 5.77. The molecule has 0 bridgehead atoms. The molecule has 1 N–H and O–H groups in total. The molecule has 2 unspecified atom stereocenters. The van der Waals surface area contributed by atoms with Crippen molar-refractivity contribution in [2.24, 2.45) is 13.0 Å². The Morgan fingerprint density at radius 3 is 2.71 bits per heavy atom. The summed E-state index contributed by atoms with van der Waals surface area (Å²) in [5, 5.41) is 7.89. The first-order valence-electron chi connectivity index (χ1n) is 6.33. The van der Waals surface area contributed by atoms with E-state index in [1.165, 1.54) is 5.69 Å². The van der Waals surface area contributed by atoms with Gasteiger partial charge in [0.1, 0.15) is 0 Å². The van der Waals surface area contributed by atoms with Gasteiger partial charge in [0.05, 0.1) is 17.4 Å². The number of ether oxygens (including phenoxy) is 1. The minimum Gasteiger partial charge on any atom is -0.385 e. The lowest BCUT2D eigenvalue weighted by Crippen LogP contribution is -2.26. The predicted molar refractivity (Wildman–Crippen MR) is 70.0 cm³/mol. The molecule has 0 amide bonds. The van der Waals surface area contributed by atoms with E-state index in [1.54, 1.807) is 7.11 Å². The predicted octanol–water partition coefficient (Wildman–Crippen LogP) is 1.92. The molecule has 0 aromatic carbocycles. The number of methoxy groups -OCH3 is 1. The molecule has 0 spiro atoms. The van der Waals surface area contributed by atoms with Crippen LogP contribution in [0.15, 0.2) is 6.07 Å². The summed E-state index contributed by atoms with van der Waals surface area (Å²) in [4.78, 5) is 0. The van der Waals surface area contributed by atoms with Crippen LogP contribution in [0.25, 0.3) is 0 Å². The van der Waals surface area contributed by atoms with E-state index in [9.17, 15) is 0 Å². The summed E-state index contributed by atoms with van der Waals surface area (Å²) >= 11 is 0. The van der Waals surface area contributed by atoms with Crippen molar-refractivity contribution in [3.8, 4) is 0 Å². The summed E-state index contributed by atoms with van der Waals surface area (Å²) in [6, 6.07) is 2.53. The van der Waals surface area contributed by atoms with E-state index < -0.39 is 0 Å². The first-order valence-corrected chi connectivity index (χ1v) is 6.33. The van der Waals surface area contributed by atoms with Gasteiger partial charge in [0.15, 0.2) is 0 Å². The number of nitrogens with one attached hydrogen (secondary N) is 1. The van der Waals surface area contributed by atoms with Gasteiger partial charge in [-0.25, -0.2) is 0 Å². The fraction of sp³-hybridized carbons (Fsp3) is 0.769. The van der Waals surface area contributed by atoms with Gasteiger partial charge in [-0.15, -0.1) is 0 Å². The molecule has 0 aliphatic rings.